The van der Waals surface area contributed by atoms with Gasteiger partial charge in [0, 0.05) is 19.2 Å². The summed E-state index contributed by atoms with van der Waals surface area (Å²) in [5.74, 6) is -0.333. The number of hydrogen-bond acceptors (Lipinski definition) is 5. The van der Waals surface area contributed by atoms with E-state index in [1.807, 2.05) is 20.8 Å². The number of rotatable bonds is 11. The first-order valence-corrected chi connectivity index (χ1v) is 8.73. The molecule has 1 N–H and O–H groups in total. The maximum Gasteiger partial charge on any atom is 0.306 e. The van der Waals surface area contributed by atoms with Crippen LogP contribution >= 0.6 is 0 Å². The fourth-order valence-corrected chi connectivity index (χ4v) is 2.17. The Hall–Kier alpha value is -1.99. The zero-order chi connectivity index (χ0) is 18.7. The van der Waals surface area contributed by atoms with Crippen LogP contribution in [0.3, 0.4) is 0 Å². The minimum Gasteiger partial charge on any atom is -0.460 e. The summed E-state index contributed by atoms with van der Waals surface area (Å²) >= 11 is 0. The molecule has 0 bridgehead atoms. The topological polar surface area (TPSA) is 86.1 Å². The van der Waals surface area contributed by atoms with Crippen LogP contribution in [0.4, 0.5) is 4.39 Å². The molecule has 0 aliphatic heterocycles. The molecule has 0 fully saturated rings. The molecule has 0 aromatic carbocycles. The SMILES string of the molecule is CC(C)(C)OC(=O)CCCCCNC(=O)Cn1cc(CCCF)nn1. The van der Waals surface area contributed by atoms with Gasteiger partial charge in [-0.15, -0.1) is 5.10 Å². The highest BCUT2D eigenvalue weighted by Gasteiger charge is 2.15. The van der Waals surface area contributed by atoms with Crippen molar-refractivity contribution < 1.29 is 18.7 Å². The van der Waals surface area contributed by atoms with E-state index in [1.54, 1.807) is 6.20 Å². The zero-order valence-electron chi connectivity index (χ0n) is 15.4. The number of halogens is 1. The monoisotopic (exact) mass is 356 g/mol. The number of nitrogens with zero attached hydrogens (tertiary/aromatic N) is 3. The Morgan fingerprint density at radius 3 is 2.68 bits per heavy atom. The van der Waals surface area contributed by atoms with Gasteiger partial charge in [0.05, 0.1) is 12.4 Å². The van der Waals surface area contributed by atoms with Crippen LogP contribution in [0.1, 0.15) is 58.6 Å². The van der Waals surface area contributed by atoms with Gasteiger partial charge in [0.1, 0.15) is 12.1 Å². The van der Waals surface area contributed by atoms with Gasteiger partial charge in [-0.25, -0.2) is 4.68 Å². The maximum atomic E-state index is 12.1. The quantitative estimate of drug-likeness (QED) is 0.485. The minimum atomic E-state index is -0.446. The molecular weight excluding hydrogens is 327 g/mol. The highest BCUT2D eigenvalue weighted by molar-refractivity contribution is 5.75. The molecular formula is C17H29FN4O3. The van der Waals surface area contributed by atoms with Crippen molar-refractivity contribution in [2.75, 3.05) is 13.2 Å². The fraction of sp³-hybridized carbons (Fsp3) is 0.765. The second-order valence-electron chi connectivity index (χ2n) is 6.95. The van der Waals surface area contributed by atoms with Crippen molar-refractivity contribution in [3.63, 3.8) is 0 Å². The molecule has 7 nitrogen and oxygen atoms in total. The molecule has 0 atom stereocenters. The molecule has 1 aromatic heterocycles. The fourth-order valence-electron chi connectivity index (χ4n) is 2.17. The number of ether oxygens (including phenoxy) is 1. The lowest BCUT2D eigenvalue weighted by molar-refractivity contribution is -0.154. The smallest absolute Gasteiger partial charge is 0.306 e. The maximum absolute atomic E-state index is 12.1. The first-order valence-electron chi connectivity index (χ1n) is 8.73. The van der Waals surface area contributed by atoms with E-state index in [4.69, 9.17) is 4.74 Å². The Kier molecular flexibility index (Phi) is 9.08. The number of aryl methyl sites for hydroxylation is 1. The van der Waals surface area contributed by atoms with Crippen LogP contribution in [-0.2, 0) is 27.3 Å². The van der Waals surface area contributed by atoms with Crippen molar-refractivity contribution >= 4 is 11.9 Å². The lowest BCUT2D eigenvalue weighted by atomic mass is 10.1. The Morgan fingerprint density at radius 2 is 2.00 bits per heavy atom. The predicted octanol–water partition coefficient (Wildman–Crippen LogP) is 2.20. The van der Waals surface area contributed by atoms with Gasteiger partial charge in [0.15, 0.2) is 0 Å². The van der Waals surface area contributed by atoms with E-state index >= 15 is 0 Å². The van der Waals surface area contributed by atoms with E-state index in [1.165, 1.54) is 4.68 Å². The summed E-state index contributed by atoms with van der Waals surface area (Å²) in [6.45, 7) is 5.80. The molecule has 1 amide bonds. The van der Waals surface area contributed by atoms with Gasteiger partial charge in [-0.1, -0.05) is 11.6 Å². The molecule has 1 rings (SSSR count). The van der Waals surface area contributed by atoms with Crippen LogP contribution in [0, 0.1) is 0 Å². The molecule has 0 unspecified atom stereocenters. The van der Waals surface area contributed by atoms with Crippen molar-refractivity contribution in [3.05, 3.63) is 11.9 Å². The number of aromatic nitrogens is 3. The molecule has 0 aliphatic carbocycles. The van der Waals surface area contributed by atoms with Crippen LogP contribution in [0.5, 0.6) is 0 Å². The van der Waals surface area contributed by atoms with E-state index in [0.717, 1.165) is 19.3 Å². The van der Waals surface area contributed by atoms with Crippen molar-refractivity contribution in [2.45, 2.75) is 71.4 Å². The molecule has 0 spiro atoms. The summed E-state index contributed by atoms with van der Waals surface area (Å²) in [7, 11) is 0. The van der Waals surface area contributed by atoms with Gasteiger partial charge in [0.25, 0.3) is 0 Å². The van der Waals surface area contributed by atoms with Gasteiger partial charge >= 0.3 is 5.97 Å². The van der Waals surface area contributed by atoms with Crippen LogP contribution in [0.25, 0.3) is 0 Å². The van der Waals surface area contributed by atoms with Gasteiger partial charge in [0.2, 0.25) is 5.91 Å². The molecule has 0 saturated carbocycles. The van der Waals surface area contributed by atoms with Gasteiger partial charge in [-0.2, -0.15) is 0 Å². The summed E-state index contributed by atoms with van der Waals surface area (Å²) < 4.78 is 18.8. The van der Waals surface area contributed by atoms with E-state index in [-0.39, 0.29) is 25.1 Å². The van der Waals surface area contributed by atoms with E-state index in [2.05, 4.69) is 15.6 Å². The van der Waals surface area contributed by atoms with E-state index in [9.17, 15) is 14.0 Å². The van der Waals surface area contributed by atoms with Gasteiger partial charge < -0.3 is 10.1 Å². The standard InChI is InChI=1S/C17H29FN4O3/c1-17(2,3)25-16(24)9-5-4-6-11-19-15(23)13-22-12-14(20-21-22)8-7-10-18/h12H,4-11,13H2,1-3H3,(H,19,23). The third-order valence-electron chi connectivity index (χ3n) is 3.26. The molecule has 1 aromatic rings. The first-order chi connectivity index (χ1) is 11.8. The van der Waals surface area contributed by atoms with Crippen molar-refractivity contribution in [3.8, 4) is 0 Å². The number of carbonyl (C=O) groups is 2. The summed E-state index contributed by atoms with van der Waals surface area (Å²) in [6, 6.07) is 0. The second-order valence-corrected chi connectivity index (χ2v) is 6.95. The molecule has 0 aliphatic rings. The van der Waals surface area contributed by atoms with Crippen LogP contribution in [0.2, 0.25) is 0 Å². The minimum absolute atomic E-state index is 0.0978. The summed E-state index contributed by atoms with van der Waals surface area (Å²) in [5.41, 5.74) is 0.241. The third-order valence-corrected chi connectivity index (χ3v) is 3.26. The van der Waals surface area contributed by atoms with Crippen LogP contribution in [-0.4, -0.2) is 45.7 Å². The van der Waals surface area contributed by atoms with Crippen molar-refractivity contribution in [1.29, 1.82) is 0 Å². The molecule has 142 valence electrons. The lowest BCUT2D eigenvalue weighted by Crippen LogP contribution is -2.28. The summed E-state index contributed by atoms with van der Waals surface area (Å²) in [6.07, 6.45) is 5.38. The number of esters is 1. The Labute approximate surface area is 148 Å². The first kappa shape index (κ1) is 21.1. The van der Waals surface area contributed by atoms with E-state index in [0.29, 0.717) is 31.5 Å². The zero-order valence-corrected chi connectivity index (χ0v) is 15.4. The third kappa shape index (κ3) is 10.5. The van der Waals surface area contributed by atoms with Gasteiger partial charge in [-0.05, 0) is 46.5 Å². The normalized spacial score (nSPS) is 11.4. The number of amides is 1. The Morgan fingerprint density at radius 1 is 1.24 bits per heavy atom. The summed E-state index contributed by atoms with van der Waals surface area (Å²) in [4.78, 5) is 23.3. The molecule has 0 saturated heterocycles. The Balaban J connectivity index is 2.09. The lowest BCUT2D eigenvalue weighted by Gasteiger charge is -2.19. The van der Waals surface area contributed by atoms with E-state index < -0.39 is 5.60 Å². The predicted molar refractivity (Wildman–Crippen MR) is 91.6 cm³/mol. The van der Waals surface area contributed by atoms with Crippen LogP contribution < -0.4 is 5.32 Å². The average molecular weight is 356 g/mol. The van der Waals surface area contributed by atoms with Crippen molar-refractivity contribution in [1.82, 2.24) is 20.3 Å². The highest BCUT2D eigenvalue weighted by atomic mass is 19.1. The number of carbonyl (C=O) groups excluding carboxylic acids is 2. The molecule has 25 heavy (non-hydrogen) atoms. The average Bonchev–Trinajstić information content (AvgIpc) is 2.94. The molecule has 1 heterocycles. The highest BCUT2D eigenvalue weighted by Crippen LogP contribution is 2.10. The number of alkyl halides is 1. The number of nitrogens with one attached hydrogen (secondary N) is 1. The number of unbranched alkanes of at least 4 members (excludes halogenated alkanes) is 2. The van der Waals surface area contributed by atoms with Crippen molar-refractivity contribution in [2.24, 2.45) is 0 Å². The molecule has 8 heteroatoms. The number of hydrogen-bond donors (Lipinski definition) is 1. The molecule has 0 radical (unpaired) electrons. The second kappa shape index (κ2) is 10.8. The Bertz CT molecular complexity index is 540. The largest absolute Gasteiger partial charge is 0.460 e. The summed E-state index contributed by atoms with van der Waals surface area (Å²) in [5, 5.41) is 10.5. The van der Waals surface area contributed by atoms with Gasteiger partial charge in [-0.3, -0.25) is 14.0 Å². The van der Waals surface area contributed by atoms with Crippen LogP contribution in [0.15, 0.2) is 6.20 Å².